The van der Waals surface area contributed by atoms with Crippen LogP contribution in [0.15, 0.2) is 0 Å². The number of carbonyl (C=O) groups excluding carboxylic acids is 1. The Morgan fingerprint density at radius 3 is 2.10 bits per heavy atom. The van der Waals surface area contributed by atoms with Crippen LogP contribution >= 0.6 is 15.9 Å². The van der Waals surface area contributed by atoms with Gasteiger partial charge in [0, 0.05) is 5.92 Å². The zero-order valence-corrected chi connectivity index (χ0v) is 8.66. The highest BCUT2D eigenvalue weighted by molar-refractivity contribution is 9.10. The molecule has 0 amide bonds. The molecule has 1 nitrogen and oxygen atoms in total. The molecule has 0 spiro atoms. The van der Waals surface area contributed by atoms with Crippen LogP contribution in [0, 0.1) is 5.92 Å². The molecule has 0 bridgehead atoms. The zero-order chi connectivity index (χ0) is 8.36. The molecule has 60 valence electrons. The summed E-state index contributed by atoms with van der Waals surface area (Å²) < 4.78 is -0.345. The highest BCUT2D eigenvalue weighted by atomic mass is 79.9. The van der Waals surface area contributed by atoms with Crippen LogP contribution in [0.5, 0.6) is 0 Å². The Labute approximate surface area is 71.3 Å². The average molecular weight is 207 g/mol. The maximum Gasteiger partial charge on any atom is 0.151 e. The third-order valence-corrected chi connectivity index (χ3v) is 2.04. The van der Waals surface area contributed by atoms with Gasteiger partial charge in [0.15, 0.2) is 5.78 Å². The first-order chi connectivity index (χ1) is 4.39. The van der Waals surface area contributed by atoms with Gasteiger partial charge in [-0.3, -0.25) is 4.79 Å². The number of ketones is 1. The third kappa shape index (κ3) is 2.82. The van der Waals surface area contributed by atoms with E-state index in [9.17, 15) is 4.79 Å². The summed E-state index contributed by atoms with van der Waals surface area (Å²) in [6.07, 6.45) is 0.924. The molecular weight excluding hydrogens is 192 g/mol. The number of hydrogen-bond donors (Lipinski definition) is 0. The second-order valence-corrected chi connectivity index (χ2v) is 5.13. The summed E-state index contributed by atoms with van der Waals surface area (Å²) in [4.78, 5) is 11.3. The van der Waals surface area contributed by atoms with E-state index in [2.05, 4.69) is 15.9 Å². The number of Topliss-reactive ketones (excluding diaryl/α,β-unsaturated/α-hetero) is 1. The van der Waals surface area contributed by atoms with Gasteiger partial charge < -0.3 is 0 Å². The molecule has 0 rings (SSSR count). The van der Waals surface area contributed by atoms with Gasteiger partial charge in [-0.2, -0.15) is 0 Å². The second-order valence-electron chi connectivity index (χ2n) is 3.15. The fourth-order valence-electron chi connectivity index (χ4n) is 0.771. The van der Waals surface area contributed by atoms with Crippen LogP contribution in [0.1, 0.15) is 34.1 Å². The van der Waals surface area contributed by atoms with Crippen LogP contribution in [-0.4, -0.2) is 10.1 Å². The molecule has 0 heterocycles. The molecule has 0 saturated heterocycles. The predicted molar refractivity (Wildman–Crippen MR) is 47.5 cm³/mol. The Hall–Kier alpha value is 0.150. The largest absolute Gasteiger partial charge is 0.298 e. The zero-order valence-electron chi connectivity index (χ0n) is 7.07. The van der Waals surface area contributed by atoms with Gasteiger partial charge in [-0.05, 0) is 20.3 Å². The van der Waals surface area contributed by atoms with Gasteiger partial charge in [-0.1, -0.05) is 29.8 Å². The summed E-state index contributed by atoms with van der Waals surface area (Å²) >= 11 is 3.34. The minimum atomic E-state index is -0.345. The highest BCUT2D eigenvalue weighted by Gasteiger charge is 2.26. The lowest BCUT2D eigenvalue weighted by Crippen LogP contribution is -2.29. The minimum absolute atomic E-state index is 0.175. The van der Waals surface area contributed by atoms with Gasteiger partial charge in [0.2, 0.25) is 0 Å². The molecule has 0 aromatic carbocycles. The van der Waals surface area contributed by atoms with Crippen molar-refractivity contribution in [3.63, 3.8) is 0 Å². The quantitative estimate of drug-likeness (QED) is 0.650. The maximum atomic E-state index is 11.3. The monoisotopic (exact) mass is 206 g/mol. The van der Waals surface area contributed by atoms with Crippen molar-refractivity contribution in [3.05, 3.63) is 0 Å². The van der Waals surface area contributed by atoms with Gasteiger partial charge in [0.1, 0.15) is 0 Å². The molecule has 0 aliphatic rings. The van der Waals surface area contributed by atoms with Gasteiger partial charge in [-0.15, -0.1) is 0 Å². The van der Waals surface area contributed by atoms with E-state index in [0.717, 1.165) is 6.42 Å². The van der Waals surface area contributed by atoms with Crippen LogP contribution in [-0.2, 0) is 4.79 Å². The van der Waals surface area contributed by atoms with Crippen molar-refractivity contribution in [2.75, 3.05) is 0 Å². The first kappa shape index (κ1) is 10.2. The molecule has 1 atom stereocenters. The van der Waals surface area contributed by atoms with E-state index in [1.807, 2.05) is 27.7 Å². The van der Waals surface area contributed by atoms with Gasteiger partial charge in [0.25, 0.3) is 0 Å². The SMILES string of the molecule is CCC(C)C(=O)C(C)(C)Br. The Kier molecular flexibility index (Phi) is 3.57. The van der Waals surface area contributed by atoms with Crippen LogP contribution in [0.4, 0.5) is 0 Å². The van der Waals surface area contributed by atoms with Gasteiger partial charge in [0.05, 0.1) is 4.32 Å². The molecule has 0 fully saturated rings. The Morgan fingerprint density at radius 2 is 2.00 bits per heavy atom. The number of rotatable bonds is 3. The van der Waals surface area contributed by atoms with Crippen molar-refractivity contribution in [1.82, 2.24) is 0 Å². The number of halogens is 1. The minimum Gasteiger partial charge on any atom is -0.298 e. The summed E-state index contributed by atoms with van der Waals surface area (Å²) in [6, 6.07) is 0. The van der Waals surface area contributed by atoms with E-state index in [4.69, 9.17) is 0 Å². The Bertz CT molecular complexity index is 124. The number of carbonyl (C=O) groups is 1. The second kappa shape index (κ2) is 3.51. The third-order valence-electron chi connectivity index (χ3n) is 1.65. The molecule has 0 aromatic heterocycles. The van der Waals surface area contributed by atoms with Crippen molar-refractivity contribution in [2.24, 2.45) is 5.92 Å². The maximum absolute atomic E-state index is 11.3. The van der Waals surface area contributed by atoms with E-state index < -0.39 is 0 Å². The molecular formula is C8H15BrO. The molecule has 0 saturated carbocycles. The Balaban J connectivity index is 4.09. The lowest BCUT2D eigenvalue weighted by atomic mass is 9.95. The lowest BCUT2D eigenvalue weighted by molar-refractivity contribution is -0.123. The first-order valence-corrected chi connectivity index (χ1v) is 4.42. The Morgan fingerprint density at radius 1 is 1.60 bits per heavy atom. The molecule has 0 aliphatic carbocycles. The van der Waals surface area contributed by atoms with Crippen LogP contribution in [0.3, 0.4) is 0 Å². The normalized spacial score (nSPS) is 14.9. The van der Waals surface area contributed by atoms with E-state index in [1.165, 1.54) is 0 Å². The summed E-state index contributed by atoms with van der Waals surface area (Å²) in [5.74, 6) is 0.462. The van der Waals surface area contributed by atoms with Crippen LogP contribution in [0.25, 0.3) is 0 Å². The molecule has 0 aliphatic heterocycles. The van der Waals surface area contributed by atoms with Crippen molar-refractivity contribution in [1.29, 1.82) is 0 Å². The highest BCUT2D eigenvalue weighted by Crippen LogP contribution is 2.22. The van der Waals surface area contributed by atoms with Crippen molar-refractivity contribution < 1.29 is 4.79 Å². The standard InChI is InChI=1S/C8H15BrO/c1-5-6(2)7(10)8(3,4)9/h6H,5H2,1-4H3. The summed E-state index contributed by atoms with van der Waals surface area (Å²) in [6.45, 7) is 7.77. The van der Waals surface area contributed by atoms with E-state index >= 15 is 0 Å². The smallest absolute Gasteiger partial charge is 0.151 e. The fraction of sp³-hybridized carbons (Fsp3) is 0.875. The lowest BCUT2D eigenvalue weighted by Gasteiger charge is -2.18. The molecule has 1 unspecified atom stereocenters. The van der Waals surface area contributed by atoms with Crippen LogP contribution < -0.4 is 0 Å². The van der Waals surface area contributed by atoms with E-state index in [-0.39, 0.29) is 16.0 Å². The average Bonchev–Trinajstić information content (AvgIpc) is 1.83. The fourth-order valence-corrected chi connectivity index (χ4v) is 1.16. The first-order valence-electron chi connectivity index (χ1n) is 3.62. The van der Waals surface area contributed by atoms with Crippen molar-refractivity contribution in [3.8, 4) is 0 Å². The van der Waals surface area contributed by atoms with Crippen molar-refractivity contribution in [2.45, 2.75) is 38.4 Å². The molecule has 2 heteroatoms. The summed E-state index contributed by atoms with van der Waals surface area (Å²) in [7, 11) is 0. The molecule has 0 aromatic rings. The summed E-state index contributed by atoms with van der Waals surface area (Å²) in [5, 5.41) is 0. The number of hydrogen-bond acceptors (Lipinski definition) is 1. The van der Waals surface area contributed by atoms with Crippen LogP contribution in [0.2, 0.25) is 0 Å². The molecule has 0 N–H and O–H groups in total. The molecule has 0 radical (unpaired) electrons. The topological polar surface area (TPSA) is 17.1 Å². The van der Waals surface area contributed by atoms with E-state index in [1.54, 1.807) is 0 Å². The molecule has 10 heavy (non-hydrogen) atoms. The van der Waals surface area contributed by atoms with E-state index in [0.29, 0.717) is 0 Å². The number of alkyl halides is 1. The van der Waals surface area contributed by atoms with Gasteiger partial charge in [-0.25, -0.2) is 0 Å². The van der Waals surface area contributed by atoms with Crippen molar-refractivity contribution >= 4 is 21.7 Å². The summed E-state index contributed by atoms with van der Waals surface area (Å²) in [5.41, 5.74) is 0. The predicted octanol–water partition coefficient (Wildman–Crippen LogP) is 2.78. The van der Waals surface area contributed by atoms with Gasteiger partial charge >= 0.3 is 0 Å².